The van der Waals surface area contributed by atoms with Crippen molar-refractivity contribution in [3.05, 3.63) is 93.5 Å². The van der Waals surface area contributed by atoms with Crippen LogP contribution in [0.1, 0.15) is 5.56 Å². The number of hydrogen-bond donors (Lipinski definition) is 1. The van der Waals surface area contributed by atoms with Gasteiger partial charge >= 0.3 is 0 Å². The molecule has 0 spiro atoms. The zero-order valence-electron chi connectivity index (χ0n) is 14.1. The van der Waals surface area contributed by atoms with Gasteiger partial charge in [0.05, 0.1) is 15.9 Å². The molecule has 0 atom stereocenters. The van der Waals surface area contributed by atoms with E-state index in [1.54, 1.807) is 48.5 Å². The molecule has 6 heteroatoms. The molecule has 0 amide bonds. The minimum Gasteiger partial charge on any atom is -0.489 e. The Morgan fingerprint density at radius 2 is 1.85 bits per heavy atom. The van der Waals surface area contributed by atoms with Crippen molar-refractivity contribution in [1.29, 1.82) is 0 Å². The van der Waals surface area contributed by atoms with Crippen LogP contribution in [0.4, 0.5) is 4.39 Å². The first-order valence-corrected chi connectivity index (χ1v) is 8.65. The van der Waals surface area contributed by atoms with Crippen molar-refractivity contribution in [2.24, 2.45) is 0 Å². The predicted octanol–water partition coefficient (Wildman–Crippen LogP) is 4.96. The van der Waals surface area contributed by atoms with Crippen molar-refractivity contribution in [1.82, 2.24) is 9.97 Å². The molecule has 0 aliphatic heterocycles. The number of rotatable bonds is 4. The molecular weight excluding hydrogens is 367 g/mol. The fourth-order valence-electron chi connectivity index (χ4n) is 2.78. The second kappa shape index (κ2) is 7.21. The van der Waals surface area contributed by atoms with E-state index in [0.717, 1.165) is 0 Å². The van der Waals surface area contributed by atoms with E-state index in [1.807, 2.05) is 12.1 Å². The lowest BCUT2D eigenvalue weighted by Crippen LogP contribution is -2.09. The lowest BCUT2D eigenvalue weighted by molar-refractivity contribution is 0.300. The highest BCUT2D eigenvalue weighted by molar-refractivity contribution is 6.30. The molecule has 27 heavy (non-hydrogen) atoms. The Bertz CT molecular complexity index is 1190. The van der Waals surface area contributed by atoms with E-state index in [-0.39, 0.29) is 17.2 Å². The van der Waals surface area contributed by atoms with Crippen LogP contribution in [-0.4, -0.2) is 9.97 Å². The minimum atomic E-state index is -0.490. The summed E-state index contributed by atoms with van der Waals surface area (Å²) in [6.07, 6.45) is 0. The van der Waals surface area contributed by atoms with Crippen molar-refractivity contribution in [3.63, 3.8) is 0 Å². The average Bonchev–Trinajstić information content (AvgIpc) is 2.69. The van der Waals surface area contributed by atoms with Crippen LogP contribution in [0.25, 0.3) is 22.3 Å². The maximum Gasteiger partial charge on any atom is 0.259 e. The van der Waals surface area contributed by atoms with Gasteiger partial charge in [-0.3, -0.25) is 4.79 Å². The number of hydrogen-bond acceptors (Lipinski definition) is 3. The fraction of sp³-hybridized carbons (Fsp3) is 0.0476. The van der Waals surface area contributed by atoms with E-state index < -0.39 is 5.82 Å². The van der Waals surface area contributed by atoms with Crippen molar-refractivity contribution < 1.29 is 9.13 Å². The summed E-state index contributed by atoms with van der Waals surface area (Å²) in [6, 6.07) is 19.0. The molecule has 4 aromatic rings. The SMILES string of the molecule is O=c1[nH]c(-c2cccc(OCc3cccc(Cl)c3F)c2)nc2ccccc12. The summed E-state index contributed by atoms with van der Waals surface area (Å²) in [5, 5.41) is 0.591. The number of aromatic amines is 1. The molecule has 1 heterocycles. The number of fused-ring (bicyclic) bond motifs is 1. The van der Waals surface area contributed by atoms with Gasteiger partial charge in [0.1, 0.15) is 24.0 Å². The zero-order chi connectivity index (χ0) is 18.8. The number of H-pyrrole nitrogens is 1. The van der Waals surface area contributed by atoms with Crippen molar-refractivity contribution in [3.8, 4) is 17.1 Å². The molecule has 0 unspecified atom stereocenters. The van der Waals surface area contributed by atoms with Gasteiger partial charge in [-0.2, -0.15) is 0 Å². The molecule has 1 N–H and O–H groups in total. The number of halogens is 2. The van der Waals surface area contributed by atoms with Gasteiger partial charge in [0.2, 0.25) is 0 Å². The number of para-hydroxylation sites is 1. The van der Waals surface area contributed by atoms with Gasteiger partial charge < -0.3 is 9.72 Å². The largest absolute Gasteiger partial charge is 0.489 e. The molecule has 0 saturated heterocycles. The Kier molecular flexibility index (Phi) is 4.60. The van der Waals surface area contributed by atoms with Gasteiger partial charge in [-0.15, -0.1) is 0 Å². The molecule has 0 bridgehead atoms. The highest BCUT2D eigenvalue weighted by Gasteiger charge is 2.09. The average molecular weight is 381 g/mol. The second-order valence-corrected chi connectivity index (χ2v) is 6.37. The third kappa shape index (κ3) is 3.55. The second-order valence-electron chi connectivity index (χ2n) is 5.96. The third-order valence-corrected chi connectivity index (χ3v) is 4.44. The van der Waals surface area contributed by atoms with Crippen LogP contribution in [0.3, 0.4) is 0 Å². The minimum absolute atomic E-state index is 0.0392. The summed E-state index contributed by atoms with van der Waals surface area (Å²) in [7, 11) is 0. The number of aromatic nitrogens is 2. The fourth-order valence-corrected chi connectivity index (χ4v) is 2.97. The Morgan fingerprint density at radius 3 is 2.74 bits per heavy atom. The summed E-state index contributed by atoms with van der Waals surface area (Å²) in [4.78, 5) is 19.5. The zero-order valence-corrected chi connectivity index (χ0v) is 14.8. The summed E-state index contributed by atoms with van der Waals surface area (Å²) in [5.74, 6) is 0.483. The van der Waals surface area contributed by atoms with Gasteiger partial charge in [0, 0.05) is 11.1 Å². The summed E-state index contributed by atoms with van der Waals surface area (Å²) in [5.41, 5.74) is 1.47. The molecule has 0 saturated carbocycles. The van der Waals surface area contributed by atoms with E-state index >= 15 is 0 Å². The molecule has 0 aliphatic carbocycles. The first-order valence-electron chi connectivity index (χ1n) is 8.27. The third-order valence-electron chi connectivity index (χ3n) is 4.15. The van der Waals surface area contributed by atoms with Crippen LogP contribution in [0.2, 0.25) is 5.02 Å². The van der Waals surface area contributed by atoms with E-state index in [0.29, 0.717) is 33.6 Å². The van der Waals surface area contributed by atoms with Gasteiger partial charge in [0.25, 0.3) is 5.56 Å². The first-order chi connectivity index (χ1) is 13.1. The number of benzene rings is 3. The van der Waals surface area contributed by atoms with E-state index in [4.69, 9.17) is 16.3 Å². The van der Waals surface area contributed by atoms with Gasteiger partial charge in [0.15, 0.2) is 0 Å². The highest BCUT2D eigenvalue weighted by atomic mass is 35.5. The van der Waals surface area contributed by atoms with E-state index in [2.05, 4.69) is 9.97 Å². The maximum atomic E-state index is 14.0. The van der Waals surface area contributed by atoms with E-state index in [1.165, 1.54) is 6.07 Å². The molecule has 0 radical (unpaired) electrons. The topological polar surface area (TPSA) is 55.0 Å². The van der Waals surface area contributed by atoms with Crippen molar-refractivity contribution >= 4 is 22.5 Å². The number of nitrogens with one attached hydrogen (secondary N) is 1. The molecular formula is C21H14ClFN2O2. The van der Waals surface area contributed by atoms with Crippen LogP contribution < -0.4 is 10.3 Å². The molecule has 134 valence electrons. The van der Waals surface area contributed by atoms with Crippen LogP contribution in [0.5, 0.6) is 5.75 Å². The van der Waals surface area contributed by atoms with Crippen LogP contribution >= 0.6 is 11.6 Å². The molecule has 1 aromatic heterocycles. The number of ether oxygens (including phenoxy) is 1. The smallest absolute Gasteiger partial charge is 0.259 e. The molecule has 4 rings (SSSR count). The summed E-state index contributed by atoms with van der Waals surface area (Å²) in [6.45, 7) is 0.0392. The standard InChI is InChI=1S/C21H14ClFN2O2/c22-17-9-4-6-14(19(17)23)12-27-15-7-3-5-13(11-15)20-24-18-10-2-1-8-16(18)21(26)25-20/h1-11H,12H2,(H,24,25,26). The lowest BCUT2D eigenvalue weighted by atomic mass is 10.2. The quantitative estimate of drug-likeness (QED) is 0.544. The van der Waals surface area contributed by atoms with Crippen LogP contribution in [-0.2, 0) is 6.61 Å². The molecule has 0 aliphatic rings. The Balaban J connectivity index is 1.63. The predicted molar refractivity (Wildman–Crippen MR) is 104 cm³/mol. The van der Waals surface area contributed by atoms with E-state index in [9.17, 15) is 9.18 Å². The Hall–Kier alpha value is -3.18. The lowest BCUT2D eigenvalue weighted by Gasteiger charge is -2.09. The molecule has 4 nitrogen and oxygen atoms in total. The normalized spacial score (nSPS) is 10.9. The van der Waals surface area contributed by atoms with Gasteiger partial charge in [-0.1, -0.05) is 48.0 Å². The van der Waals surface area contributed by atoms with Gasteiger partial charge in [-0.25, -0.2) is 9.37 Å². The first kappa shape index (κ1) is 17.2. The van der Waals surface area contributed by atoms with Crippen LogP contribution in [0.15, 0.2) is 71.5 Å². The number of nitrogens with zero attached hydrogens (tertiary/aromatic N) is 1. The summed E-state index contributed by atoms with van der Waals surface area (Å²) < 4.78 is 19.7. The Labute approximate surface area is 159 Å². The highest BCUT2D eigenvalue weighted by Crippen LogP contribution is 2.24. The Morgan fingerprint density at radius 1 is 1.04 bits per heavy atom. The molecule has 0 fully saturated rings. The maximum absolute atomic E-state index is 14.0. The van der Waals surface area contributed by atoms with Crippen LogP contribution in [0, 0.1) is 5.82 Å². The van der Waals surface area contributed by atoms with Crippen molar-refractivity contribution in [2.45, 2.75) is 6.61 Å². The molecule has 3 aromatic carbocycles. The van der Waals surface area contributed by atoms with Crippen molar-refractivity contribution in [2.75, 3.05) is 0 Å². The monoisotopic (exact) mass is 380 g/mol. The van der Waals surface area contributed by atoms with Gasteiger partial charge in [-0.05, 0) is 30.3 Å². The summed E-state index contributed by atoms with van der Waals surface area (Å²) >= 11 is 5.79.